The van der Waals surface area contributed by atoms with Crippen molar-refractivity contribution in [1.29, 1.82) is 0 Å². The molecule has 106 heavy (non-hydrogen) atoms. The van der Waals surface area contributed by atoms with Gasteiger partial charge in [0.1, 0.15) is 54.4 Å². The molecule has 6 heterocycles. The maximum Gasteiger partial charge on any atom is 0.416 e. The van der Waals surface area contributed by atoms with E-state index < -0.39 is 176 Å². The van der Waals surface area contributed by atoms with Crippen molar-refractivity contribution in [2.24, 2.45) is 17.3 Å². The van der Waals surface area contributed by atoms with Crippen molar-refractivity contribution in [2.45, 2.75) is 179 Å². The molecule has 4 aliphatic heterocycles. The summed E-state index contributed by atoms with van der Waals surface area (Å²) in [5.74, 6) is -10.3. The van der Waals surface area contributed by atoms with Gasteiger partial charge in [-0.25, -0.2) is 0 Å². The van der Waals surface area contributed by atoms with Gasteiger partial charge in [0.2, 0.25) is 70.9 Å². The maximum atomic E-state index is 15.4. The number of aliphatic hydroxyl groups excluding tert-OH is 1. The number of aromatic nitrogens is 2. The van der Waals surface area contributed by atoms with Gasteiger partial charge in [-0.3, -0.25) is 57.5 Å². The van der Waals surface area contributed by atoms with Crippen LogP contribution in [0.2, 0.25) is 0 Å². The van der Waals surface area contributed by atoms with E-state index in [1.165, 1.54) is 35.7 Å². The van der Waals surface area contributed by atoms with Crippen LogP contribution < -0.4 is 37.2 Å². The van der Waals surface area contributed by atoms with E-state index >= 15 is 14.4 Å². The number of piperidine rings is 1. The molecule has 0 bridgehead atoms. The fourth-order valence-electron chi connectivity index (χ4n) is 14.4. The number of hydrogen-bond donors (Lipinski definition) is 10. The summed E-state index contributed by atoms with van der Waals surface area (Å²) in [6, 6.07) is 4.38. The predicted molar refractivity (Wildman–Crippen MR) is 384 cm³/mol. The molecular formula is C75H99F3N14O14. The molecule has 31 heteroatoms. The standard InChI is InChI=1S/C75H99F3N14O14/c1-10-106-49-34-61-70(102)87-59(41-93)69(101)86-58(72(104)90-28-25-47(26-29-90)74(5,6)7)35-62(94)81-43(4)65(97)82-54(31-44-21-23-48(24-22-44)75(76,77)78)66(98)83-55(32-45-36-79-52-18-13-11-16-50(45)52)67(99)84-56(33-46-37-80-53-19-14-12-17-51(46)53)68(100)85-57(30-42(2)3)71(103)89(9)39-63(95)88(8)40-64(96)91-27-15-20-60(91)73(105)92(61)38-49/h11-14,16-19,21-24,36-37,42-43,47,49,54-61,79-80,93H,10,15,20,25-35,38-41H2,1-9H3,(H,81,94)(H,82,97)(H,83,98)(H,84,99)(H,85,100)(H,86,101)(H,87,102)/t43-,49-,54-,55-,56-,57-,58+,59-,60-,61-/m1/s1. The Kier molecular flexibility index (Phi) is 26.5. The van der Waals surface area contributed by atoms with Crippen LogP contribution in [0.15, 0.2) is 85.2 Å². The minimum Gasteiger partial charge on any atom is -0.394 e. The van der Waals surface area contributed by atoms with E-state index in [2.05, 4.69) is 68.0 Å². The van der Waals surface area contributed by atoms with Crippen LogP contribution >= 0.6 is 0 Å². The molecule has 574 valence electrons. The number of nitrogens with zero attached hydrogens (tertiary/aromatic N) is 5. The molecule has 2 aromatic heterocycles. The average Bonchev–Trinajstić information content (AvgIpc) is 1.64. The molecule has 28 nitrogen and oxygen atoms in total. The second-order valence-electron chi connectivity index (χ2n) is 29.7. The Morgan fingerprint density at radius 3 is 1.67 bits per heavy atom. The number of aromatic amines is 2. The van der Waals surface area contributed by atoms with Gasteiger partial charge in [0.25, 0.3) is 0 Å². The van der Waals surface area contributed by atoms with Crippen LogP contribution in [0.1, 0.15) is 116 Å². The maximum absolute atomic E-state index is 15.4. The third kappa shape index (κ3) is 20.2. The summed E-state index contributed by atoms with van der Waals surface area (Å²) in [7, 11) is 2.69. The zero-order valence-electron chi connectivity index (χ0n) is 61.4. The van der Waals surface area contributed by atoms with Gasteiger partial charge in [-0.2, -0.15) is 13.2 Å². The molecular weight excluding hydrogens is 1380 g/mol. The first kappa shape index (κ1) is 80.2. The van der Waals surface area contributed by atoms with Crippen LogP contribution in [0, 0.1) is 17.3 Å². The van der Waals surface area contributed by atoms with E-state index in [0.717, 1.165) is 34.1 Å². The van der Waals surface area contributed by atoms with Crippen molar-refractivity contribution < 1.29 is 80.5 Å². The quantitative estimate of drug-likeness (QED) is 0.0859. The summed E-state index contributed by atoms with van der Waals surface area (Å²) in [4.78, 5) is 189. The molecule has 4 saturated heterocycles. The zero-order chi connectivity index (χ0) is 77.1. The molecule has 5 aromatic rings. The van der Waals surface area contributed by atoms with Gasteiger partial charge in [0.05, 0.1) is 37.8 Å². The molecule has 4 fully saturated rings. The molecule has 0 radical (unpaired) electrons. The van der Waals surface area contributed by atoms with Gasteiger partial charge in [-0.05, 0) is 104 Å². The first-order chi connectivity index (χ1) is 50.2. The number of alkyl halides is 3. The second-order valence-corrected chi connectivity index (χ2v) is 29.7. The van der Waals surface area contributed by atoms with E-state index in [1.807, 2.05) is 0 Å². The molecule has 4 aliphatic rings. The number of amides is 12. The minimum atomic E-state index is -4.76. The van der Waals surface area contributed by atoms with Gasteiger partial charge in [0.15, 0.2) is 0 Å². The number of likely N-dealkylation sites (tertiary alicyclic amines) is 1. The van der Waals surface area contributed by atoms with Crippen molar-refractivity contribution >= 4 is 92.7 Å². The lowest BCUT2D eigenvalue weighted by Gasteiger charge is -2.40. The van der Waals surface area contributed by atoms with E-state index in [9.17, 15) is 61.4 Å². The number of H-pyrrole nitrogens is 2. The Morgan fingerprint density at radius 1 is 0.594 bits per heavy atom. The van der Waals surface area contributed by atoms with E-state index in [4.69, 9.17) is 4.74 Å². The topological polar surface area (TPSA) is 366 Å². The monoisotopic (exact) mass is 1480 g/mol. The molecule has 10 atom stereocenters. The Labute approximate surface area is 613 Å². The number of hydrogen-bond acceptors (Lipinski definition) is 14. The molecule has 0 unspecified atom stereocenters. The highest BCUT2D eigenvalue weighted by molar-refractivity contribution is 6.01. The molecule has 9 rings (SSSR count). The molecule has 3 aromatic carbocycles. The lowest BCUT2D eigenvalue weighted by atomic mass is 9.75. The SMILES string of the molecule is CCO[C@@H]1C[C@@H]2C(=O)N[C@H](CO)C(=O)N[C@H](C(=O)N3CCC(C(C)(C)C)CC3)CC(=O)N[C@H](C)C(=O)N[C@H](Cc3ccc(C(F)(F)F)cc3)C(=O)N[C@H](Cc3c[nH]c4ccccc34)C(=O)N[C@H](Cc3c[nH]c4ccccc34)C(=O)N[C@H](CC(C)C)C(=O)N(C)CC(=O)N(C)CC(=O)N3CCC[C@@H]3C(=O)N2C1. The third-order valence-electron chi connectivity index (χ3n) is 20.4. The first-order valence-electron chi connectivity index (χ1n) is 36.2. The number of nitrogens with one attached hydrogen (secondary N) is 9. The summed E-state index contributed by atoms with van der Waals surface area (Å²) in [5.41, 5.74) is 1.37. The summed E-state index contributed by atoms with van der Waals surface area (Å²) in [6.07, 6.45) is -2.32. The Morgan fingerprint density at radius 2 is 1.12 bits per heavy atom. The van der Waals surface area contributed by atoms with Crippen LogP contribution in [0.25, 0.3) is 21.8 Å². The van der Waals surface area contributed by atoms with Gasteiger partial charge in [-0.15, -0.1) is 0 Å². The fourth-order valence-corrected chi connectivity index (χ4v) is 14.4. The third-order valence-corrected chi connectivity index (χ3v) is 20.4. The number of benzene rings is 3. The normalized spacial score (nSPS) is 25.2. The van der Waals surface area contributed by atoms with Crippen molar-refractivity contribution in [3.8, 4) is 0 Å². The highest BCUT2D eigenvalue weighted by atomic mass is 19.4. The first-order valence-corrected chi connectivity index (χ1v) is 36.2. The Bertz CT molecular complexity index is 4040. The smallest absolute Gasteiger partial charge is 0.394 e. The summed E-state index contributed by atoms with van der Waals surface area (Å²) < 4.78 is 47.8. The number of carbonyl (C=O) groups excluding carboxylic acids is 12. The van der Waals surface area contributed by atoms with E-state index in [-0.39, 0.29) is 87.7 Å². The average molecular weight is 1480 g/mol. The number of ether oxygens (including phenoxy) is 1. The number of rotatable bonds is 12. The lowest BCUT2D eigenvalue weighted by Crippen LogP contribution is -2.60. The van der Waals surface area contributed by atoms with Gasteiger partial charge < -0.3 is 81.5 Å². The van der Waals surface area contributed by atoms with E-state index in [0.29, 0.717) is 52.2 Å². The van der Waals surface area contributed by atoms with Crippen LogP contribution in [0.5, 0.6) is 0 Å². The van der Waals surface area contributed by atoms with Crippen LogP contribution in [-0.2, 0) is 87.7 Å². The number of halogens is 3. The van der Waals surface area contributed by atoms with Crippen molar-refractivity contribution in [3.63, 3.8) is 0 Å². The minimum absolute atomic E-state index is 0.0304. The predicted octanol–water partition coefficient (Wildman–Crippen LogP) is 2.75. The summed E-state index contributed by atoms with van der Waals surface area (Å²) >= 11 is 0. The summed E-state index contributed by atoms with van der Waals surface area (Å²) in [6.45, 7) is 11.3. The highest BCUT2D eigenvalue weighted by Crippen LogP contribution is 2.35. The molecule has 0 spiro atoms. The van der Waals surface area contributed by atoms with Crippen molar-refractivity contribution in [3.05, 3.63) is 107 Å². The van der Waals surface area contributed by atoms with Gasteiger partial charge in [0, 0.05) is 107 Å². The number of carbonyl (C=O) groups is 12. The molecule has 0 aliphatic carbocycles. The molecule has 12 amide bonds. The van der Waals surface area contributed by atoms with Crippen LogP contribution in [0.4, 0.5) is 13.2 Å². The van der Waals surface area contributed by atoms with Crippen molar-refractivity contribution in [2.75, 3.05) is 66.6 Å². The molecule has 10 N–H and O–H groups in total. The van der Waals surface area contributed by atoms with Crippen molar-refractivity contribution in [1.82, 2.24) is 71.7 Å². The zero-order valence-corrected chi connectivity index (χ0v) is 61.4. The largest absolute Gasteiger partial charge is 0.416 e. The number of para-hydroxylation sites is 2. The number of aliphatic hydroxyl groups is 1. The summed E-state index contributed by atoms with van der Waals surface area (Å²) in [5, 5.41) is 30.7. The Hall–Kier alpha value is -9.91. The fraction of sp³-hybridized carbons (Fsp3) is 0.547. The highest BCUT2D eigenvalue weighted by Gasteiger charge is 2.47. The lowest BCUT2D eigenvalue weighted by molar-refractivity contribution is -0.149. The second kappa shape index (κ2) is 35.0. The number of fused-ring (bicyclic) bond motifs is 4. The van der Waals surface area contributed by atoms with Crippen LogP contribution in [-0.4, -0.2) is 238 Å². The molecule has 0 saturated carbocycles. The van der Waals surface area contributed by atoms with Crippen LogP contribution in [0.3, 0.4) is 0 Å². The Balaban J connectivity index is 1.08. The van der Waals surface area contributed by atoms with Gasteiger partial charge in [-0.1, -0.05) is 83.1 Å². The van der Waals surface area contributed by atoms with Gasteiger partial charge >= 0.3 is 6.18 Å². The number of likely N-dealkylation sites (N-methyl/N-ethyl adjacent to an activating group) is 2. The van der Waals surface area contributed by atoms with E-state index in [1.54, 1.807) is 81.7 Å².